The lowest BCUT2D eigenvalue weighted by Crippen LogP contribution is -2.40. The van der Waals surface area contributed by atoms with E-state index in [1.807, 2.05) is 11.3 Å². The minimum absolute atomic E-state index is 0.461. The molecule has 3 aromatic rings. The molecular weight excluding hydrogens is 352 g/mol. The van der Waals surface area contributed by atoms with Gasteiger partial charge in [-0.1, -0.05) is 48.5 Å². The molecule has 1 fully saturated rings. The van der Waals surface area contributed by atoms with Crippen molar-refractivity contribution in [2.45, 2.75) is 19.0 Å². The van der Waals surface area contributed by atoms with Gasteiger partial charge in [-0.3, -0.25) is 4.90 Å². The number of rotatable bonds is 7. The van der Waals surface area contributed by atoms with Gasteiger partial charge < -0.3 is 9.64 Å². The highest BCUT2D eigenvalue weighted by atomic mass is 32.1. The summed E-state index contributed by atoms with van der Waals surface area (Å²) in [5, 5.41) is 3.80. The number of benzene rings is 2. The van der Waals surface area contributed by atoms with E-state index < -0.39 is 0 Å². The second kappa shape index (κ2) is 8.98. The first kappa shape index (κ1) is 18.6. The van der Waals surface area contributed by atoms with E-state index in [1.54, 1.807) is 0 Å². The number of morpholine rings is 1. The Balaban J connectivity index is 1.50. The second-order valence-electron chi connectivity index (χ2n) is 7.36. The van der Waals surface area contributed by atoms with Crippen LogP contribution in [0.15, 0.2) is 60.0 Å². The van der Waals surface area contributed by atoms with Crippen LogP contribution in [0.3, 0.4) is 0 Å². The fraction of sp³-hybridized carbons (Fsp3) is 0.391. The molecule has 3 nitrogen and oxygen atoms in total. The van der Waals surface area contributed by atoms with Gasteiger partial charge in [0.1, 0.15) is 0 Å². The van der Waals surface area contributed by atoms with Gasteiger partial charge in [-0.2, -0.15) is 0 Å². The minimum atomic E-state index is 0.461. The number of thiophene rings is 1. The highest BCUT2D eigenvalue weighted by Crippen LogP contribution is 2.35. The summed E-state index contributed by atoms with van der Waals surface area (Å²) in [5.41, 5.74) is 2.87. The van der Waals surface area contributed by atoms with Gasteiger partial charge in [0.25, 0.3) is 0 Å². The van der Waals surface area contributed by atoms with Crippen LogP contribution in [0.4, 0.5) is 0 Å². The van der Waals surface area contributed by atoms with Crippen LogP contribution in [0.1, 0.15) is 23.6 Å². The number of hydrogen-bond donors (Lipinski definition) is 0. The summed E-state index contributed by atoms with van der Waals surface area (Å²) < 4.78 is 7.00. The third kappa shape index (κ3) is 4.58. The summed E-state index contributed by atoms with van der Waals surface area (Å²) in [6, 6.07) is 20.0. The molecule has 0 bridgehead atoms. The zero-order chi connectivity index (χ0) is 18.5. The van der Waals surface area contributed by atoms with E-state index in [4.69, 9.17) is 4.74 Å². The zero-order valence-corrected chi connectivity index (χ0v) is 16.8. The van der Waals surface area contributed by atoms with Crippen molar-refractivity contribution in [2.24, 2.45) is 0 Å². The first-order valence-corrected chi connectivity index (χ1v) is 10.7. The van der Waals surface area contributed by atoms with Crippen molar-refractivity contribution in [1.29, 1.82) is 0 Å². The predicted octanol–water partition coefficient (Wildman–Crippen LogP) is 4.80. The predicted molar refractivity (Wildman–Crippen MR) is 114 cm³/mol. The van der Waals surface area contributed by atoms with Gasteiger partial charge in [0.15, 0.2) is 0 Å². The lowest BCUT2D eigenvalue weighted by molar-refractivity contribution is 0.0128. The molecule has 1 atom stereocenters. The van der Waals surface area contributed by atoms with Gasteiger partial charge in [-0.25, -0.2) is 0 Å². The highest BCUT2D eigenvalue weighted by molar-refractivity contribution is 7.17. The minimum Gasteiger partial charge on any atom is -0.379 e. The van der Waals surface area contributed by atoms with Crippen LogP contribution < -0.4 is 0 Å². The van der Waals surface area contributed by atoms with E-state index in [0.717, 1.165) is 45.8 Å². The first-order chi connectivity index (χ1) is 13.3. The van der Waals surface area contributed by atoms with Crippen LogP contribution in [-0.4, -0.2) is 49.7 Å². The molecular formula is C23H28N2OS. The first-order valence-electron chi connectivity index (χ1n) is 9.81. The Morgan fingerprint density at radius 1 is 1.04 bits per heavy atom. The molecule has 1 unspecified atom stereocenters. The molecule has 4 heteroatoms. The molecule has 0 aliphatic carbocycles. The Labute approximate surface area is 166 Å². The Hall–Kier alpha value is -1.72. The normalized spacial score (nSPS) is 16.8. The maximum atomic E-state index is 5.61. The molecule has 1 aliphatic heterocycles. The van der Waals surface area contributed by atoms with Crippen molar-refractivity contribution in [3.8, 4) is 0 Å². The topological polar surface area (TPSA) is 15.7 Å². The molecule has 2 heterocycles. The van der Waals surface area contributed by atoms with Crippen molar-refractivity contribution >= 4 is 21.4 Å². The molecule has 1 aromatic heterocycles. The zero-order valence-electron chi connectivity index (χ0n) is 16.0. The summed E-state index contributed by atoms with van der Waals surface area (Å²) in [7, 11) is 2.23. The molecule has 0 radical (unpaired) electrons. The fourth-order valence-electron chi connectivity index (χ4n) is 4.00. The van der Waals surface area contributed by atoms with Gasteiger partial charge in [0.05, 0.1) is 13.2 Å². The maximum absolute atomic E-state index is 5.61. The third-order valence-electron chi connectivity index (χ3n) is 5.44. The van der Waals surface area contributed by atoms with Crippen LogP contribution in [0.5, 0.6) is 0 Å². The van der Waals surface area contributed by atoms with Crippen molar-refractivity contribution in [2.75, 3.05) is 39.9 Å². The molecule has 4 rings (SSSR count). The lowest BCUT2D eigenvalue weighted by atomic mass is 10.00. The molecule has 0 spiro atoms. The highest BCUT2D eigenvalue weighted by Gasteiger charge is 2.25. The molecule has 27 heavy (non-hydrogen) atoms. The van der Waals surface area contributed by atoms with E-state index in [0.29, 0.717) is 6.04 Å². The molecule has 1 saturated heterocycles. The summed E-state index contributed by atoms with van der Waals surface area (Å²) in [6.45, 7) is 5.83. The van der Waals surface area contributed by atoms with Crippen LogP contribution >= 0.6 is 11.3 Å². The van der Waals surface area contributed by atoms with Gasteiger partial charge in [0, 0.05) is 30.4 Å². The van der Waals surface area contributed by atoms with Gasteiger partial charge in [-0.05, 0) is 48.0 Å². The standard InChI is InChI=1S/C23H28N2OS/c1-24(17-19-7-3-2-4-8-19)12-11-22(25-13-15-26-16-14-25)21-18-27-23-10-6-5-9-20(21)23/h2-10,18,22H,11-17H2,1H3. The summed E-state index contributed by atoms with van der Waals surface area (Å²) in [6.07, 6.45) is 1.14. The Kier molecular flexibility index (Phi) is 6.20. The monoisotopic (exact) mass is 380 g/mol. The molecule has 0 saturated carbocycles. The average Bonchev–Trinajstić information content (AvgIpc) is 3.14. The Morgan fingerprint density at radius 2 is 1.78 bits per heavy atom. The van der Waals surface area contributed by atoms with Crippen LogP contribution in [0, 0.1) is 0 Å². The van der Waals surface area contributed by atoms with Crippen molar-refractivity contribution in [3.63, 3.8) is 0 Å². The average molecular weight is 381 g/mol. The second-order valence-corrected chi connectivity index (χ2v) is 8.27. The number of fused-ring (bicyclic) bond motifs is 1. The maximum Gasteiger partial charge on any atom is 0.0594 e. The molecule has 2 aromatic carbocycles. The third-order valence-corrected chi connectivity index (χ3v) is 6.42. The number of hydrogen-bond acceptors (Lipinski definition) is 4. The van der Waals surface area contributed by atoms with Crippen LogP contribution in [-0.2, 0) is 11.3 Å². The van der Waals surface area contributed by atoms with Gasteiger partial charge in [-0.15, -0.1) is 11.3 Å². The van der Waals surface area contributed by atoms with E-state index in [9.17, 15) is 0 Å². The number of ether oxygens (including phenoxy) is 1. The van der Waals surface area contributed by atoms with E-state index >= 15 is 0 Å². The van der Waals surface area contributed by atoms with Crippen LogP contribution in [0.25, 0.3) is 10.1 Å². The summed E-state index contributed by atoms with van der Waals surface area (Å²) in [4.78, 5) is 5.06. The summed E-state index contributed by atoms with van der Waals surface area (Å²) in [5.74, 6) is 0. The SMILES string of the molecule is CN(CCC(c1csc2ccccc12)N1CCOCC1)Cc1ccccc1. The number of nitrogens with zero attached hydrogens (tertiary/aromatic N) is 2. The largest absolute Gasteiger partial charge is 0.379 e. The molecule has 0 amide bonds. The molecule has 0 N–H and O–H groups in total. The van der Waals surface area contributed by atoms with Crippen molar-refractivity contribution in [3.05, 3.63) is 71.1 Å². The van der Waals surface area contributed by atoms with Crippen LogP contribution in [0.2, 0.25) is 0 Å². The van der Waals surface area contributed by atoms with E-state index in [2.05, 4.69) is 76.8 Å². The Bertz CT molecular complexity index is 842. The van der Waals surface area contributed by atoms with Gasteiger partial charge in [0.2, 0.25) is 0 Å². The fourth-order valence-corrected chi connectivity index (χ4v) is 5.01. The molecule has 142 valence electrons. The lowest BCUT2D eigenvalue weighted by Gasteiger charge is -2.35. The van der Waals surface area contributed by atoms with Gasteiger partial charge >= 0.3 is 0 Å². The Morgan fingerprint density at radius 3 is 2.59 bits per heavy atom. The van der Waals surface area contributed by atoms with Crippen molar-refractivity contribution < 1.29 is 4.74 Å². The van der Waals surface area contributed by atoms with Crippen molar-refractivity contribution in [1.82, 2.24) is 9.80 Å². The molecule has 1 aliphatic rings. The van der Waals surface area contributed by atoms with E-state index in [1.165, 1.54) is 21.2 Å². The quantitative estimate of drug-likeness (QED) is 0.586. The summed E-state index contributed by atoms with van der Waals surface area (Å²) >= 11 is 1.87. The smallest absolute Gasteiger partial charge is 0.0594 e. The van der Waals surface area contributed by atoms with E-state index in [-0.39, 0.29) is 0 Å².